The zero-order chi connectivity index (χ0) is 59.7. The van der Waals surface area contributed by atoms with Gasteiger partial charge in [-0.2, -0.15) is 0 Å². The van der Waals surface area contributed by atoms with Crippen molar-refractivity contribution in [2.45, 2.75) is 50.7 Å². The molecule has 1 aliphatic heterocycles. The highest BCUT2D eigenvalue weighted by Gasteiger charge is 2.40. The van der Waals surface area contributed by atoms with E-state index < -0.39 is 11.2 Å². The van der Waals surface area contributed by atoms with Crippen molar-refractivity contribution in [2.75, 3.05) is 42.7 Å². The summed E-state index contributed by atoms with van der Waals surface area (Å²) < 4.78 is 40.2. The molecule has 0 spiro atoms. The monoisotopic (exact) mass is 1120 g/mol. The molecule has 0 saturated heterocycles. The fraction of sp³-hybridized carbons (Fsp3) is 0.184. The van der Waals surface area contributed by atoms with Crippen LogP contribution in [0.4, 0.5) is 0 Å². The first-order valence-corrected chi connectivity index (χ1v) is 28.1. The zero-order valence-corrected chi connectivity index (χ0v) is 49.2. The summed E-state index contributed by atoms with van der Waals surface area (Å²) in [7, 11) is 9.92. The number of ether oxygens (including phenoxy) is 7. The average Bonchev–Trinajstić information content (AvgIpc) is 1.19. The molecule has 0 saturated carbocycles. The standard InChI is InChI=1S/C36H30O4.C20H18O3.C16H14O2.C4H6/c1-37-26-16-14-25(15-17-26)36(24-10-5-4-6-11-24)20-19-28-30-21-32(38-2)33(39-3)22-31(30)34-27-12-8-7-9-23(27)13-18-29(34)35(28)40-36;1-22-18-10-13-9-17(21)15-8-7-12-5-3-4-6-14(12)20(15)16(13)11-19(18)23-2;1-3-16(17,13-7-5-4-6-8-13)14-9-11-15(18-2)12-10-14;1-3-4-2/h4-12,14-17,19-22H,13,18H2,1-3H3;3-6,9-11,21H,7-8H2,1-2H3;1,4-12,17H,2H3;1-2H3. The smallest absolute Gasteiger partial charge is 0.178 e. The Morgan fingerprint density at radius 3 is 1.48 bits per heavy atom. The van der Waals surface area contributed by atoms with E-state index in [1.165, 1.54) is 33.4 Å². The lowest BCUT2D eigenvalue weighted by atomic mass is 9.78. The van der Waals surface area contributed by atoms with Crippen molar-refractivity contribution in [3.63, 3.8) is 0 Å². The van der Waals surface area contributed by atoms with Crippen LogP contribution < -0.4 is 33.2 Å². The van der Waals surface area contributed by atoms with Gasteiger partial charge in [0.15, 0.2) is 34.2 Å². The van der Waals surface area contributed by atoms with E-state index in [4.69, 9.17) is 39.6 Å². The van der Waals surface area contributed by atoms with E-state index in [-0.39, 0.29) is 0 Å². The SMILES string of the molecule is C#CC(O)(c1ccccc1)c1ccc(OC)cc1.CC#CC.COc1cc2cc(O)c3c(c2cc1OC)-c1ccccc1CC3.COc1ccc(C2(c3ccccc3)C=Cc3c(c4c(c5cc(OC)c(OC)cc35)-c3ccccc3CC4)O2)cc1. The maximum atomic E-state index is 10.6. The molecule has 3 aliphatic rings. The van der Waals surface area contributed by atoms with Gasteiger partial charge in [0.1, 0.15) is 23.0 Å². The van der Waals surface area contributed by atoms with Crippen molar-refractivity contribution in [3.05, 3.63) is 244 Å². The third-order valence-corrected chi connectivity index (χ3v) is 16.1. The van der Waals surface area contributed by atoms with Crippen LogP contribution in [0.2, 0.25) is 0 Å². The van der Waals surface area contributed by atoms with E-state index in [1.54, 1.807) is 66.9 Å². The van der Waals surface area contributed by atoms with Crippen molar-refractivity contribution >= 4 is 27.6 Å². The first-order chi connectivity index (χ1) is 41.5. The maximum Gasteiger partial charge on any atom is 0.178 e. The number of phenolic OH excluding ortho intramolecular Hbond substituents is 1. The minimum Gasteiger partial charge on any atom is -0.508 e. The van der Waals surface area contributed by atoms with Gasteiger partial charge in [0.25, 0.3) is 0 Å². The molecule has 2 aliphatic carbocycles. The molecule has 1 heterocycles. The molecule has 13 rings (SSSR count). The van der Waals surface area contributed by atoms with Crippen molar-refractivity contribution in [1.82, 2.24) is 0 Å². The molecule has 9 heteroatoms. The lowest BCUT2D eigenvalue weighted by Crippen LogP contribution is -2.35. The van der Waals surface area contributed by atoms with Gasteiger partial charge < -0.3 is 43.4 Å². The summed E-state index contributed by atoms with van der Waals surface area (Å²) in [6, 6.07) is 62.0. The van der Waals surface area contributed by atoms with Crippen molar-refractivity contribution in [2.24, 2.45) is 0 Å². The topological polar surface area (TPSA) is 105 Å². The average molecular weight is 1130 g/mol. The van der Waals surface area contributed by atoms with E-state index in [0.29, 0.717) is 34.1 Å². The van der Waals surface area contributed by atoms with Crippen molar-refractivity contribution < 1.29 is 43.4 Å². The summed E-state index contributed by atoms with van der Waals surface area (Å²) in [6.07, 6.45) is 13.6. The number of hydrogen-bond donors (Lipinski definition) is 2. The Bertz CT molecular complexity index is 4160. The van der Waals surface area contributed by atoms with E-state index >= 15 is 0 Å². The van der Waals surface area contributed by atoms with Gasteiger partial charge in [-0.15, -0.1) is 18.3 Å². The molecule has 2 N–H and O–H groups in total. The fourth-order valence-electron chi connectivity index (χ4n) is 11.7. The summed E-state index contributed by atoms with van der Waals surface area (Å²) in [4.78, 5) is 0. The molecule has 0 fully saturated rings. The zero-order valence-electron chi connectivity index (χ0n) is 49.2. The van der Waals surface area contributed by atoms with E-state index in [0.717, 1.165) is 98.0 Å². The largest absolute Gasteiger partial charge is 0.508 e. The van der Waals surface area contributed by atoms with Gasteiger partial charge >= 0.3 is 0 Å². The molecule has 426 valence electrons. The number of fused-ring (bicyclic) bond motifs is 13. The normalized spacial score (nSPS) is 14.4. The number of benzene rings is 10. The van der Waals surface area contributed by atoms with Gasteiger partial charge in [-0.3, -0.25) is 0 Å². The third-order valence-electron chi connectivity index (χ3n) is 16.1. The lowest BCUT2D eigenvalue weighted by Gasteiger charge is -2.39. The van der Waals surface area contributed by atoms with Gasteiger partial charge in [0.05, 0.1) is 42.7 Å². The molecule has 0 radical (unpaired) electrons. The molecule has 10 aromatic carbocycles. The second-order valence-electron chi connectivity index (χ2n) is 20.6. The van der Waals surface area contributed by atoms with Crippen LogP contribution in [0.3, 0.4) is 0 Å². The molecule has 0 bridgehead atoms. The quantitative estimate of drug-likeness (QED) is 0.130. The molecular formula is C76H68O9. The first-order valence-electron chi connectivity index (χ1n) is 28.1. The second kappa shape index (κ2) is 25.6. The number of rotatable bonds is 10. The van der Waals surface area contributed by atoms with Gasteiger partial charge in [-0.1, -0.05) is 139 Å². The summed E-state index contributed by atoms with van der Waals surface area (Å²) in [5, 5.41) is 25.4. The van der Waals surface area contributed by atoms with Gasteiger partial charge in [0, 0.05) is 38.9 Å². The number of hydrogen-bond acceptors (Lipinski definition) is 9. The molecule has 0 amide bonds. The minimum atomic E-state index is -1.41. The molecule has 0 aromatic heterocycles. The number of methoxy groups -OCH3 is 6. The Kier molecular flexibility index (Phi) is 17.5. The Labute approximate surface area is 498 Å². The molecule has 2 unspecified atom stereocenters. The lowest BCUT2D eigenvalue weighted by molar-refractivity contribution is 0.145. The van der Waals surface area contributed by atoms with Crippen LogP contribution in [0.5, 0.6) is 46.0 Å². The highest BCUT2D eigenvalue weighted by Crippen LogP contribution is 2.54. The molecule has 2 atom stereocenters. The van der Waals surface area contributed by atoms with Gasteiger partial charge in [0.2, 0.25) is 0 Å². The number of terminal acetylenes is 1. The minimum absolute atomic E-state index is 0.356. The van der Waals surface area contributed by atoms with Crippen LogP contribution >= 0.6 is 0 Å². The van der Waals surface area contributed by atoms with E-state index in [9.17, 15) is 10.2 Å². The van der Waals surface area contributed by atoms with Crippen LogP contribution in [-0.2, 0) is 36.9 Å². The van der Waals surface area contributed by atoms with Crippen LogP contribution in [0.25, 0.3) is 49.9 Å². The van der Waals surface area contributed by atoms with E-state index in [2.05, 4.69) is 121 Å². The summed E-state index contributed by atoms with van der Waals surface area (Å²) >= 11 is 0. The predicted molar refractivity (Wildman–Crippen MR) is 342 cm³/mol. The number of phenols is 1. The summed E-state index contributed by atoms with van der Waals surface area (Å²) in [5.74, 6) is 13.4. The van der Waals surface area contributed by atoms with Crippen LogP contribution in [0.15, 0.2) is 194 Å². The Hall–Kier alpha value is -10.1. The maximum absolute atomic E-state index is 10.6. The van der Waals surface area contributed by atoms with Gasteiger partial charge in [-0.05, 0) is 161 Å². The van der Waals surface area contributed by atoms with Gasteiger partial charge in [-0.25, -0.2) is 0 Å². The van der Waals surface area contributed by atoms with Crippen LogP contribution in [0.1, 0.15) is 63.9 Å². The fourth-order valence-corrected chi connectivity index (χ4v) is 11.7. The highest BCUT2D eigenvalue weighted by molar-refractivity contribution is 6.08. The Morgan fingerprint density at radius 1 is 0.482 bits per heavy atom. The number of aromatic hydroxyl groups is 1. The third kappa shape index (κ3) is 11.2. The number of aryl methyl sites for hydroxylation is 2. The predicted octanol–water partition coefficient (Wildman–Crippen LogP) is 15.9. The molecule has 85 heavy (non-hydrogen) atoms. The molecular weight excluding hydrogens is 1060 g/mol. The van der Waals surface area contributed by atoms with Crippen LogP contribution in [-0.4, -0.2) is 52.9 Å². The van der Waals surface area contributed by atoms with Crippen molar-refractivity contribution in [1.29, 1.82) is 0 Å². The summed E-state index contributed by atoms with van der Waals surface area (Å²) in [6.45, 7) is 3.64. The first kappa shape index (κ1) is 58.1. The van der Waals surface area contributed by atoms with E-state index in [1.807, 2.05) is 86.6 Å². The Balaban J connectivity index is 0.000000151. The second-order valence-corrected chi connectivity index (χ2v) is 20.6. The molecule has 10 aromatic rings. The summed E-state index contributed by atoms with van der Waals surface area (Å²) in [5.41, 5.74) is 12.0. The Morgan fingerprint density at radius 2 is 0.941 bits per heavy atom. The number of aliphatic hydroxyl groups is 1. The van der Waals surface area contributed by atoms with Crippen molar-refractivity contribution in [3.8, 4) is 92.4 Å². The van der Waals surface area contributed by atoms with Crippen LogP contribution in [0, 0.1) is 24.2 Å². The highest BCUT2D eigenvalue weighted by atomic mass is 16.5. The molecule has 9 nitrogen and oxygen atoms in total.